The highest BCUT2D eigenvalue weighted by Crippen LogP contribution is 2.12. The van der Waals surface area contributed by atoms with E-state index in [1.54, 1.807) is 4.90 Å². The molecule has 1 aliphatic heterocycles. The fourth-order valence-electron chi connectivity index (χ4n) is 1.79. The van der Waals surface area contributed by atoms with Gasteiger partial charge in [0.1, 0.15) is 5.82 Å². The van der Waals surface area contributed by atoms with Crippen molar-refractivity contribution in [3.05, 3.63) is 35.6 Å². The van der Waals surface area contributed by atoms with Crippen LogP contribution in [0.2, 0.25) is 0 Å². The van der Waals surface area contributed by atoms with Crippen molar-refractivity contribution in [2.75, 3.05) is 19.8 Å². The molecule has 1 atom stereocenters. The van der Waals surface area contributed by atoms with Gasteiger partial charge in [0.15, 0.2) is 0 Å². The third kappa shape index (κ3) is 2.22. The largest absolute Gasteiger partial charge is 0.377 e. The summed E-state index contributed by atoms with van der Waals surface area (Å²) in [6.45, 7) is 3.67. The van der Waals surface area contributed by atoms with E-state index in [0.717, 1.165) is 0 Å². The van der Waals surface area contributed by atoms with E-state index >= 15 is 0 Å². The van der Waals surface area contributed by atoms with Crippen LogP contribution in [0.1, 0.15) is 17.3 Å². The first-order chi connectivity index (χ1) is 7.68. The van der Waals surface area contributed by atoms with Gasteiger partial charge in [-0.25, -0.2) is 4.39 Å². The van der Waals surface area contributed by atoms with Gasteiger partial charge in [0.2, 0.25) is 0 Å². The van der Waals surface area contributed by atoms with Crippen LogP contribution >= 0.6 is 0 Å². The first-order valence-electron chi connectivity index (χ1n) is 5.33. The second-order valence-corrected chi connectivity index (χ2v) is 3.93. The number of amides is 1. The fraction of sp³-hybridized carbons (Fsp3) is 0.417. The summed E-state index contributed by atoms with van der Waals surface area (Å²) in [7, 11) is 0. The Hall–Kier alpha value is -1.42. The zero-order chi connectivity index (χ0) is 11.5. The zero-order valence-electron chi connectivity index (χ0n) is 9.15. The van der Waals surface area contributed by atoms with Crippen molar-refractivity contribution in [3.63, 3.8) is 0 Å². The van der Waals surface area contributed by atoms with Gasteiger partial charge >= 0.3 is 0 Å². The van der Waals surface area contributed by atoms with Crippen LogP contribution in [-0.4, -0.2) is 36.6 Å². The summed E-state index contributed by atoms with van der Waals surface area (Å²) in [5, 5.41) is 0. The van der Waals surface area contributed by atoms with Gasteiger partial charge in [-0.15, -0.1) is 0 Å². The minimum absolute atomic E-state index is 0.0594. The van der Waals surface area contributed by atoms with E-state index in [4.69, 9.17) is 4.74 Å². The van der Waals surface area contributed by atoms with Crippen molar-refractivity contribution in [2.24, 2.45) is 0 Å². The number of morpholine rings is 1. The lowest BCUT2D eigenvalue weighted by molar-refractivity contribution is 0.00359. The van der Waals surface area contributed by atoms with Crippen LogP contribution in [0, 0.1) is 5.82 Å². The molecule has 0 aromatic heterocycles. The molecule has 1 fully saturated rings. The van der Waals surface area contributed by atoms with E-state index < -0.39 is 0 Å². The van der Waals surface area contributed by atoms with E-state index in [1.807, 2.05) is 6.92 Å². The van der Waals surface area contributed by atoms with Crippen LogP contribution in [-0.2, 0) is 4.74 Å². The molecule has 0 aliphatic carbocycles. The molecule has 0 saturated carbocycles. The number of hydrogen-bond donors (Lipinski definition) is 0. The number of halogens is 1. The summed E-state index contributed by atoms with van der Waals surface area (Å²) < 4.78 is 18.0. The monoisotopic (exact) mass is 223 g/mol. The van der Waals surface area contributed by atoms with E-state index in [0.29, 0.717) is 25.3 Å². The molecule has 1 aliphatic rings. The molecule has 1 aromatic rings. The van der Waals surface area contributed by atoms with E-state index in [9.17, 15) is 9.18 Å². The molecule has 1 unspecified atom stereocenters. The maximum Gasteiger partial charge on any atom is 0.254 e. The molecule has 4 heteroatoms. The van der Waals surface area contributed by atoms with Crippen molar-refractivity contribution in [1.29, 1.82) is 0 Å². The van der Waals surface area contributed by atoms with Crippen molar-refractivity contribution < 1.29 is 13.9 Å². The summed E-state index contributed by atoms with van der Waals surface area (Å²) in [5.41, 5.74) is 0.523. The van der Waals surface area contributed by atoms with Gasteiger partial charge in [-0.2, -0.15) is 0 Å². The van der Waals surface area contributed by atoms with Crippen LogP contribution in [0.5, 0.6) is 0 Å². The van der Waals surface area contributed by atoms with Gasteiger partial charge in [0.25, 0.3) is 5.91 Å². The third-order valence-corrected chi connectivity index (χ3v) is 2.72. The summed E-state index contributed by atoms with van der Waals surface area (Å²) in [6, 6.07) is 5.71. The number of carbonyl (C=O) groups is 1. The van der Waals surface area contributed by atoms with Gasteiger partial charge in [-0.1, -0.05) is 0 Å². The maximum atomic E-state index is 12.7. The van der Waals surface area contributed by atoms with Gasteiger partial charge in [0.05, 0.1) is 19.3 Å². The van der Waals surface area contributed by atoms with E-state index in [2.05, 4.69) is 0 Å². The van der Waals surface area contributed by atoms with E-state index in [1.165, 1.54) is 24.3 Å². The molecule has 1 saturated heterocycles. The van der Waals surface area contributed by atoms with Crippen LogP contribution in [0.15, 0.2) is 24.3 Å². The molecular weight excluding hydrogens is 209 g/mol. The van der Waals surface area contributed by atoms with Crippen LogP contribution in [0.3, 0.4) is 0 Å². The average Bonchev–Trinajstić information content (AvgIpc) is 2.30. The van der Waals surface area contributed by atoms with Gasteiger partial charge in [0, 0.05) is 12.1 Å². The molecule has 16 heavy (non-hydrogen) atoms. The maximum absolute atomic E-state index is 12.7. The third-order valence-electron chi connectivity index (χ3n) is 2.72. The van der Waals surface area contributed by atoms with Crippen molar-refractivity contribution in [3.8, 4) is 0 Å². The molecule has 1 aromatic carbocycles. The van der Waals surface area contributed by atoms with Gasteiger partial charge in [-0.05, 0) is 31.2 Å². The van der Waals surface area contributed by atoms with Crippen molar-refractivity contribution in [2.45, 2.75) is 13.0 Å². The number of rotatable bonds is 1. The molecule has 0 N–H and O–H groups in total. The van der Waals surface area contributed by atoms with Gasteiger partial charge < -0.3 is 9.64 Å². The lowest BCUT2D eigenvalue weighted by atomic mass is 10.1. The standard InChI is InChI=1S/C12H14FNO2/c1-9-8-16-7-6-14(9)12(15)10-2-4-11(13)5-3-10/h2-5,9H,6-8H2,1H3. The smallest absolute Gasteiger partial charge is 0.254 e. The Morgan fingerprint density at radius 2 is 2.12 bits per heavy atom. The number of carbonyl (C=O) groups excluding carboxylic acids is 1. The second kappa shape index (κ2) is 4.61. The number of hydrogen-bond acceptors (Lipinski definition) is 2. The highest BCUT2D eigenvalue weighted by molar-refractivity contribution is 5.94. The first kappa shape index (κ1) is 11.1. The summed E-state index contributed by atoms with van der Waals surface area (Å²) in [5.74, 6) is -0.387. The summed E-state index contributed by atoms with van der Waals surface area (Å²) in [4.78, 5) is 13.8. The highest BCUT2D eigenvalue weighted by Gasteiger charge is 2.24. The Labute approximate surface area is 93.8 Å². The quantitative estimate of drug-likeness (QED) is 0.725. The molecule has 3 nitrogen and oxygen atoms in total. The van der Waals surface area contributed by atoms with Crippen molar-refractivity contribution >= 4 is 5.91 Å². The molecule has 1 heterocycles. The fourth-order valence-corrected chi connectivity index (χ4v) is 1.79. The molecule has 0 spiro atoms. The van der Waals surface area contributed by atoms with Crippen LogP contribution in [0.25, 0.3) is 0 Å². The Morgan fingerprint density at radius 1 is 1.44 bits per heavy atom. The van der Waals surface area contributed by atoms with Crippen LogP contribution < -0.4 is 0 Å². The van der Waals surface area contributed by atoms with E-state index in [-0.39, 0.29) is 17.8 Å². The summed E-state index contributed by atoms with van der Waals surface area (Å²) >= 11 is 0. The molecular formula is C12H14FNO2. The molecule has 86 valence electrons. The average molecular weight is 223 g/mol. The first-order valence-corrected chi connectivity index (χ1v) is 5.33. The lowest BCUT2D eigenvalue weighted by Crippen LogP contribution is -2.47. The Balaban J connectivity index is 2.14. The minimum atomic E-state index is -0.327. The molecule has 1 amide bonds. The van der Waals surface area contributed by atoms with Crippen LogP contribution in [0.4, 0.5) is 4.39 Å². The van der Waals surface area contributed by atoms with Gasteiger partial charge in [-0.3, -0.25) is 4.79 Å². The Morgan fingerprint density at radius 3 is 2.75 bits per heavy atom. The normalized spacial score (nSPS) is 20.9. The summed E-state index contributed by atoms with van der Waals surface area (Å²) in [6.07, 6.45) is 0. The molecule has 0 radical (unpaired) electrons. The predicted molar refractivity (Wildman–Crippen MR) is 57.7 cm³/mol. The zero-order valence-corrected chi connectivity index (χ0v) is 9.15. The highest BCUT2D eigenvalue weighted by atomic mass is 19.1. The Bertz CT molecular complexity index is 377. The second-order valence-electron chi connectivity index (χ2n) is 3.93. The SMILES string of the molecule is CC1COCCN1C(=O)c1ccc(F)cc1. The predicted octanol–water partition coefficient (Wildman–Crippen LogP) is 1.69. The lowest BCUT2D eigenvalue weighted by Gasteiger charge is -2.33. The number of ether oxygens (including phenoxy) is 1. The number of nitrogens with zero attached hydrogens (tertiary/aromatic N) is 1. The minimum Gasteiger partial charge on any atom is -0.377 e. The van der Waals surface area contributed by atoms with Crippen molar-refractivity contribution in [1.82, 2.24) is 4.90 Å². The Kier molecular flexibility index (Phi) is 3.19. The molecule has 0 bridgehead atoms. The topological polar surface area (TPSA) is 29.5 Å². The molecule has 2 rings (SSSR count). The number of benzene rings is 1.